The molecular formula is C15H19NO3. The second kappa shape index (κ2) is 5.11. The summed E-state index contributed by atoms with van der Waals surface area (Å²) in [7, 11) is 1.69. The number of nitrogens with one attached hydrogen (secondary N) is 1. The van der Waals surface area contributed by atoms with E-state index in [0.717, 1.165) is 11.5 Å². The second-order valence-electron chi connectivity index (χ2n) is 5.22. The van der Waals surface area contributed by atoms with Crippen molar-refractivity contribution >= 4 is 5.91 Å². The van der Waals surface area contributed by atoms with Gasteiger partial charge in [0.15, 0.2) is 11.5 Å². The van der Waals surface area contributed by atoms with Crippen LogP contribution in [-0.2, 0) is 4.79 Å². The Kier molecular flexibility index (Phi) is 3.32. The molecule has 1 unspecified atom stereocenters. The first-order valence-electron chi connectivity index (χ1n) is 6.88. The van der Waals surface area contributed by atoms with Crippen LogP contribution in [0.15, 0.2) is 18.2 Å². The van der Waals surface area contributed by atoms with Crippen molar-refractivity contribution in [2.75, 3.05) is 20.3 Å². The highest BCUT2D eigenvalue weighted by atomic mass is 16.6. The van der Waals surface area contributed by atoms with Crippen LogP contribution >= 0.6 is 0 Å². The van der Waals surface area contributed by atoms with E-state index in [4.69, 9.17) is 9.47 Å². The summed E-state index contributed by atoms with van der Waals surface area (Å²) in [4.78, 5) is 11.6. The number of carbonyl (C=O) groups is 1. The minimum atomic E-state index is 0.104. The standard InChI is InChI=1S/C15H19NO3/c1-16-15(17)9-12(10-2-3-10)11-4-5-13-14(8-11)19-7-6-18-13/h4-5,8,10,12H,2-3,6-7,9H2,1H3,(H,16,17). The summed E-state index contributed by atoms with van der Waals surface area (Å²) in [5.41, 5.74) is 1.19. The first-order chi connectivity index (χ1) is 9.28. The van der Waals surface area contributed by atoms with Crippen molar-refractivity contribution in [2.45, 2.75) is 25.2 Å². The van der Waals surface area contributed by atoms with Gasteiger partial charge in [0.25, 0.3) is 0 Å². The molecule has 3 rings (SSSR count). The zero-order valence-electron chi connectivity index (χ0n) is 11.1. The van der Waals surface area contributed by atoms with Gasteiger partial charge in [-0.1, -0.05) is 6.07 Å². The van der Waals surface area contributed by atoms with Crippen molar-refractivity contribution in [3.8, 4) is 11.5 Å². The summed E-state index contributed by atoms with van der Waals surface area (Å²) in [5, 5.41) is 2.72. The lowest BCUT2D eigenvalue weighted by molar-refractivity contribution is -0.121. The Morgan fingerprint density at radius 2 is 2.05 bits per heavy atom. The van der Waals surface area contributed by atoms with Crippen molar-refractivity contribution in [3.63, 3.8) is 0 Å². The molecule has 19 heavy (non-hydrogen) atoms. The van der Waals surface area contributed by atoms with Crippen molar-refractivity contribution in [1.82, 2.24) is 5.32 Å². The van der Waals surface area contributed by atoms with Crippen LogP contribution < -0.4 is 14.8 Å². The average molecular weight is 261 g/mol. The molecule has 1 fully saturated rings. The van der Waals surface area contributed by atoms with Crippen molar-refractivity contribution in [3.05, 3.63) is 23.8 Å². The Morgan fingerprint density at radius 3 is 2.74 bits per heavy atom. The van der Waals surface area contributed by atoms with E-state index < -0.39 is 0 Å². The highest BCUT2D eigenvalue weighted by Crippen LogP contribution is 2.46. The summed E-state index contributed by atoms with van der Waals surface area (Å²) >= 11 is 0. The van der Waals surface area contributed by atoms with Gasteiger partial charge in [-0.15, -0.1) is 0 Å². The number of rotatable bonds is 4. The molecule has 1 aliphatic carbocycles. The van der Waals surface area contributed by atoms with Crippen LogP contribution in [-0.4, -0.2) is 26.2 Å². The number of carbonyl (C=O) groups excluding carboxylic acids is 1. The van der Waals surface area contributed by atoms with Crippen LogP contribution in [0.3, 0.4) is 0 Å². The predicted octanol–water partition coefficient (Wildman–Crippen LogP) is 2.09. The maximum absolute atomic E-state index is 11.6. The van der Waals surface area contributed by atoms with E-state index in [9.17, 15) is 4.79 Å². The van der Waals surface area contributed by atoms with Gasteiger partial charge in [0.2, 0.25) is 5.91 Å². The molecule has 4 heteroatoms. The Morgan fingerprint density at radius 1 is 1.32 bits per heavy atom. The summed E-state index contributed by atoms with van der Waals surface area (Å²) in [6.45, 7) is 1.20. The molecule has 1 heterocycles. The molecule has 1 amide bonds. The fourth-order valence-corrected chi connectivity index (χ4v) is 2.65. The number of hydrogen-bond donors (Lipinski definition) is 1. The molecule has 1 aliphatic heterocycles. The summed E-state index contributed by atoms with van der Waals surface area (Å²) < 4.78 is 11.2. The van der Waals surface area contributed by atoms with Gasteiger partial charge in [0.05, 0.1) is 0 Å². The minimum Gasteiger partial charge on any atom is -0.486 e. The van der Waals surface area contributed by atoms with Crippen LogP contribution in [0.25, 0.3) is 0 Å². The SMILES string of the molecule is CNC(=O)CC(c1ccc2c(c1)OCCO2)C1CC1. The minimum absolute atomic E-state index is 0.104. The van der Waals surface area contributed by atoms with Crippen LogP contribution in [0.2, 0.25) is 0 Å². The molecule has 0 aromatic heterocycles. The third-order valence-corrected chi connectivity index (χ3v) is 3.87. The molecule has 4 nitrogen and oxygen atoms in total. The molecule has 1 N–H and O–H groups in total. The van der Waals surface area contributed by atoms with E-state index in [-0.39, 0.29) is 5.91 Å². The van der Waals surface area contributed by atoms with E-state index in [1.54, 1.807) is 7.05 Å². The smallest absolute Gasteiger partial charge is 0.220 e. The first-order valence-corrected chi connectivity index (χ1v) is 6.88. The highest BCUT2D eigenvalue weighted by Gasteiger charge is 2.34. The Labute approximate surface area is 113 Å². The number of amides is 1. The van der Waals surface area contributed by atoms with Gasteiger partial charge in [0.1, 0.15) is 13.2 Å². The van der Waals surface area contributed by atoms with E-state index in [2.05, 4.69) is 11.4 Å². The molecule has 1 atom stereocenters. The molecule has 2 aliphatic rings. The van der Waals surface area contributed by atoms with Crippen LogP contribution in [0.4, 0.5) is 0 Å². The average Bonchev–Trinajstić information content (AvgIpc) is 3.28. The van der Waals surface area contributed by atoms with E-state index in [1.807, 2.05) is 12.1 Å². The Balaban J connectivity index is 1.83. The third kappa shape index (κ3) is 2.67. The van der Waals surface area contributed by atoms with Gasteiger partial charge < -0.3 is 14.8 Å². The monoisotopic (exact) mass is 261 g/mol. The molecule has 0 bridgehead atoms. The number of fused-ring (bicyclic) bond motifs is 1. The zero-order valence-corrected chi connectivity index (χ0v) is 11.1. The van der Waals surface area contributed by atoms with Gasteiger partial charge in [-0.25, -0.2) is 0 Å². The zero-order chi connectivity index (χ0) is 13.2. The summed E-state index contributed by atoms with van der Waals surface area (Å²) in [6.07, 6.45) is 2.99. The number of hydrogen-bond acceptors (Lipinski definition) is 3. The van der Waals surface area contributed by atoms with E-state index in [0.29, 0.717) is 31.5 Å². The molecule has 0 spiro atoms. The number of ether oxygens (including phenoxy) is 2. The molecular weight excluding hydrogens is 242 g/mol. The van der Waals surface area contributed by atoms with Crippen LogP contribution in [0.5, 0.6) is 11.5 Å². The lowest BCUT2D eigenvalue weighted by atomic mass is 9.90. The van der Waals surface area contributed by atoms with E-state index >= 15 is 0 Å². The fourth-order valence-electron chi connectivity index (χ4n) is 2.65. The fraction of sp³-hybridized carbons (Fsp3) is 0.533. The molecule has 1 aromatic rings. The van der Waals surface area contributed by atoms with Gasteiger partial charge in [0, 0.05) is 13.5 Å². The largest absolute Gasteiger partial charge is 0.486 e. The second-order valence-corrected chi connectivity index (χ2v) is 5.22. The third-order valence-electron chi connectivity index (χ3n) is 3.87. The van der Waals surface area contributed by atoms with Gasteiger partial charge in [-0.2, -0.15) is 0 Å². The molecule has 1 saturated carbocycles. The molecule has 102 valence electrons. The quantitative estimate of drug-likeness (QED) is 0.902. The van der Waals surface area contributed by atoms with Crippen molar-refractivity contribution in [1.29, 1.82) is 0 Å². The van der Waals surface area contributed by atoms with Gasteiger partial charge in [-0.3, -0.25) is 4.79 Å². The topological polar surface area (TPSA) is 47.6 Å². The lowest BCUT2D eigenvalue weighted by Crippen LogP contribution is -2.21. The summed E-state index contributed by atoms with van der Waals surface area (Å²) in [5.74, 6) is 2.67. The molecule has 0 saturated heterocycles. The highest BCUT2D eigenvalue weighted by molar-refractivity contribution is 5.76. The first kappa shape index (κ1) is 12.3. The Hall–Kier alpha value is -1.71. The number of benzene rings is 1. The van der Waals surface area contributed by atoms with Crippen LogP contribution in [0, 0.1) is 5.92 Å². The van der Waals surface area contributed by atoms with Gasteiger partial charge in [-0.05, 0) is 42.4 Å². The van der Waals surface area contributed by atoms with Crippen molar-refractivity contribution in [2.24, 2.45) is 5.92 Å². The maximum atomic E-state index is 11.6. The maximum Gasteiger partial charge on any atom is 0.220 e. The lowest BCUT2D eigenvalue weighted by Gasteiger charge is -2.22. The molecule has 0 radical (unpaired) electrons. The van der Waals surface area contributed by atoms with Crippen LogP contribution in [0.1, 0.15) is 30.7 Å². The van der Waals surface area contributed by atoms with E-state index in [1.165, 1.54) is 18.4 Å². The summed E-state index contributed by atoms with van der Waals surface area (Å²) in [6, 6.07) is 6.07. The van der Waals surface area contributed by atoms with Crippen molar-refractivity contribution < 1.29 is 14.3 Å². The Bertz CT molecular complexity index is 482. The van der Waals surface area contributed by atoms with Gasteiger partial charge >= 0.3 is 0 Å². The predicted molar refractivity (Wildman–Crippen MR) is 71.6 cm³/mol. The molecule has 1 aromatic carbocycles. The normalized spacial score (nSPS) is 18.8.